The monoisotopic (exact) mass is 276 g/mol. The van der Waals surface area contributed by atoms with Crippen molar-refractivity contribution in [2.24, 2.45) is 11.7 Å². The number of amides is 1. The van der Waals surface area contributed by atoms with Gasteiger partial charge in [0.2, 0.25) is 11.8 Å². The van der Waals surface area contributed by atoms with Gasteiger partial charge in [0.05, 0.1) is 5.54 Å². The molecule has 2 aliphatic rings. The van der Waals surface area contributed by atoms with Crippen LogP contribution >= 0.6 is 0 Å². The quantitative estimate of drug-likeness (QED) is 0.819. The predicted molar refractivity (Wildman–Crippen MR) is 66.9 cm³/mol. The van der Waals surface area contributed by atoms with Crippen molar-refractivity contribution in [3.8, 4) is 0 Å². The van der Waals surface area contributed by atoms with Crippen molar-refractivity contribution in [1.82, 2.24) is 5.32 Å². The smallest absolute Gasteiger partial charge is 0.248 e. The first-order chi connectivity index (χ1) is 8.96. The Hall–Kier alpha value is -0.750. The standard InChI is InChI=1S/C13H22F2N2O2/c14-13(15)3-1-10(2-4-13)11(18)17-12(9-16)5-7-19-8-6-12/h10H,1-9,16H2,(H,17,18). The summed E-state index contributed by atoms with van der Waals surface area (Å²) >= 11 is 0. The van der Waals surface area contributed by atoms with E-state index >= 15 is 0 Å². The van der Waals surface area contributed by atoms with Crippen molar-refractivity contribution in [3.63, 3.8) is 0 Å². The third-order valence-electron chi connectivity index (χ3n) is 4.32. The van der Waals surface area contributed by atoms with Crippen LogP contribution in [-0.4, -0.2) is 37.1 Å². The van der Waals surface area contributed by atoms with Crippen LogP contribution in [0.3, 0.4) is 0 Å². The number of hydrogen-bond donors (Lipinski definition) is 2. The highest BCUT2D eigenvalue weighted by molar-refractivity contribution is 5.79. The Kier molecular flexibility index (Phi) is 4.40. The van der Waals surface area contributed by atoms with Crippen LogP contribution in [0.2, 0.25) is 0 Å². The summed E-state index contributed by atoms with van der Waals surface area (Å²) < 4.78 is 31.4. The Labute approximate surface area is 112 Å². The molecule has 0 bridgehead atoms. The molecule has 0 atom stereocenters. The minimum absolute atomic E-state index is 0.122. The maximum Gasteiger partial charge on any atom is 0.248 e. The van der Waals surface area contributed by atoms with Gasteiger partial charge in [0.1, 0.15) is 0 Å². The molecular formula is C13H22F2N2O2. The molecule has 0 spiro atoms. The van der Waals surface area contributed by atoms with Crippen molar-refractivity contribution in [3.05, 3.63) is 0 Å². The zero-order valence-electron chi connectivity index (χ0n) is 11.1. The molecule has 110 valence electrons. The zero-order chi connectivity index (χ0) is 13.9. The molecule has 0 aromatic carbocycles. The van der Waals surface area contributed by atoms with Crippen molar-refractivity contribution in [2.75, 3.05) is 19.8 Å². The van der Waals surface area contributed by atoms with Crippen LogP contribution in [-0.2, 0) is 9.53 Å². The van der Waals surface area contributed by atoms with E-state index in [0.717, 1.165) is 0 Å². The van der Waals surface area contributed by atoms with Gasteiger partial charge in [-0.15, -0.1) is 0 Å². The van der Waals surface area contributed by atoms with Crippen LogP contribution in [0, 0.1) is 5.92 Å². The summed E-state index contributed by atoms with van der Waals surface area (Å²) in [6.45, 7) is 1.53. The van der Waals surface area contributed by atoms with Crippen LogP contribution in [0.25, 0.3) is 0 Å². The molecule has 6 heteroatoms. The van der Waals surface area contributed by atoms with Crippen molar-refractivity contribution in [1.29, 1.82) is 0 Å². The predicted octanol–water partition coefficient (Wildman–Crippen LogP) is 1.44. The highest BCUT2D eigenvalue weighted by Gasteiger charge is 2.40. The SMILES string of the molecule is NCC1(NC(=O)C2CCC(F)(F)CC2)CCOCC1. The average Bonchev–Trinajstić information content (AvgIpc) is 2.39. The van der Waals surface area contributed by atoms with E-state index in [9.17, 15) is 13.6 Å². The van der Waals surface area contributed by atoms with Gasteiger partial charge in [-0.2, -0.15) is 0 Å². The van der Waals surface area contributed by atoms with Crippen LogP contribution in [0.1, 0.15) is 38.5 Å². The van der Waals surface area contributed by atoms with Gasteiger partial charge in [0.15, 0.2) is 0 Å². The lowest BCUT2D eigenvalue weighted by atomic mass is 9.84. The summed E-state index contributed by atoms with van der Waals surface area (Å²) in [6.07, 6.45) is 1.52. The number of nitrogens with two attached hydrogens (primary N) is 1. The summed E-state index contributed by atoms with van der Waals surface area (Å²) in [4.78, 5) is 12.2. The number of hydrogen-bond acceptors (Lipinski definition) is 3. The van der Waals surface area contributed by atoms with E-state index in [-0.39, 0.29) is 37.5 Å². The lowest BCUT2D eigenvalue weighted by Gasteiger charge is -2.38. The lowest BCUT2D eigenvalue weighted by Crippen LogP contribution is -2.58. The fourth-order valence-corrected chi connectivity index (χ4v) is 2.81. The maximum atomic E-state index is 13.1. The molecule has 1 aliphatic carbocycles. The third kappa shape index (κ3) is 3.63. The molecule has 4 nitrogen and oxygen atoms in total. The fraction of sp³-hybridized carbons (Fsp3) is 0.923. The molecule has 1 heterocycles. The molecular weight excluding hydrogens is 254 g/mol. The number of carbonyl (C=O) groups excluding carboxylic acids is 1. The summed E-state index contributed by atoms with van der Waals surface area (Å²) in [5.74, 6) is -3.02. The minimum atomic E-state index is -2.60. The van der Waals surface area contributed by atoms with E-state index in [1.165, 1.54) is 0 Å². The molecule has 19 heavy (non-hydrogen) atoms. The molecule has 1 aliphatic heterocycles. The second-order valence-electron chi connectivity index (χ2n) is 5.72. The maximum absolute atomic E-state index is 13.1. The van der Waals surface area contributed by atoms with Crippen LogP contribution in [0.5, 0.6) is 0 Å². The van der Waals surface area contributed by atoms with Gasteiger partial charge < -0.3 is 15.8 Å². The molecule has 1 amide bonds. The number of rotatable bonds is 3. The number of alkyl halides is 2. The second kappa shape index (κ2) is 5.71. The van der Waals surface area contributed by atoms with E-state index in [0.29, 0.717) is 32.6 Å². The average molecular weight is 276 g/mol. The normalized spacial score (nSPS) is 26.9. The van der Waals surface area contributed by atoms with Gasteiger partial charge in [0.25, 0.3) is 0 Å². The van der Waals surface area contributed by atoms with Crippen molar-refractivity contribution < 1.29 is 18.3 Å². The Balaban J connectivity index is 1.89. The molecule has 2 fully saturated rings. The first-order valence-electron chi connectivity index (χ1n) is 6.94. The summed E-state index contributed by atoms with van der Waals surface area (Å²) in [6, 6.07) is 0. The first kappa shape index (κ1) is 14.7. The van der Waals surface area contributed by atoms with Gasteiger partial charge in [-0.25, -0.2) is 8.78 Å². The topological polar surface area (TPSA) is 64.3 Å². The molecule has 0 aromatic rings. The number of carbonyl (C=O) groups is 1. The molecule has 1 saturated heterocycles. The summed E-state index contributed by atoms with van der Waals surface area (Å²) in [7, 11) is 0. The fourth-order valence-electron chi connectivity index (χ4n) is 2.81. The molecule has 3 N–H and O–H groups in total. The summed E-state index contributed by atoms with van der Waals surface area (Å²) in [5.41, 5.74) is 5.36. The molecule has 0 aromatic heterocycles. The van der Waals surface area contributed by atoms with Gasteiger partial charge in [0, 0.05) is 38.5 Å². The molecule has 2 rings (SSSR count). The summed E-state index contributed by atoms with van der Waals surface area (Å²) in [5, 5.41) is 2.99. The third-order valence-corrected chi connectivity index (χ3v) is 4.32. The second-order valence-corrected chi connectivity index (χ2v) is 5.72. The highest BCUT2D eigenvalue weighted by atomic mass is 19.3. The van der Waals surface area contributed by atoms with Crippen molar-refractivity contribution >= 4 is 5.91 Å². The van der Waals surface area contributed by atoms with E-state index in [4.69, 9.17) is 10.5 Å². The van der Waals surface area contributed by atoms with Crippen LogP contribution in [0.4, 0.5) is 8.78 Å². The Morgan fingerprint density at radius 2 is 1.79 bits per heavy atom. The van der Waals surface area contributed by atoms with E-state index in [1.54, 1.807) is 0 Å². The molecule has 0 radical (unpaired) electrons. The van der Waals surface area contributed by atoms with Crippen molar-refractivity contribution in [2.45, 2.75) is 50.0 Å². The zero-order valence-corrected chi connectivity index (χ0v) is 11.1. The Morgan fingerprint density at radius 1 is 1.21 bits per heavy atom. The number of halogens is 2. The molecule has 0 unspecified atom stereocenters. The Bertz CT molecular complexity index is 321. The number of nitrogens with one attached hydrogen (secondary N) is 1. The van der Waals surface area contributed by atoms with Crippen LogP contribution < -0.4 is 11.1 Å². The Morgan fingerprint density at radius 3 is 2.32 bits per heavy atom. The van der Waals surface area contributed by atoms with E-state index in [2.05, 4.69) is 5.32 Å². The first-order valence-corrected chi connectivity index (χ1v) is 6.94. The van der Waals surface area contributed by atoms with Gasteiger partial charge in [-0.05, 0) is 25.7 Å². The van der Waals surface area contributed by atoms with E-state index in [1.807, 2.05) is 0 Å². The minimum Gasteiger partial charge on any atom is -0.381 e. The van der Waals surface area contributed by atoms with Gasteiger partial charge >= 0.3 is 0 Å². The van der Waals surface area contributed by atoms with Crippen LogP contribution in [0.15, 0.2) is 0 Å². The highest BCUT2D eigenvalue weighted by Crippen LogP contribution is 2.36. The largest absolute Gasteiger partial charge is 0.381 e. The lowest BCUT2D eigenvalue weighted by molar-refractivity contribution is -0.132. The van der Waals surface area contributed by atoms with Gasteiger partial charge in [-0.3, -0.25) is 4.79 Å². The number of ether oxygens (including phenoxy) is 1. The molecule has 1 saturated carbocycles. The van der Waals surface area contributed by atoms with E-state index < -0.39 is 11.5 Å². The van der Waals surface area contributed by atoms with Gasteiger partial charge in [-0.1, -0.05) is 0 Å².